The van der Waals surface area contributed by atoms with E-state index < -0.39 is 0 Å². The third kappa shape index (κ3) is 3.45. The standard InChI is InChI=1S/C14H19BrClN3S/c1-4-9-14(15)11(19(3)18-9)8-10(17-5-2)12-6-7-13(16)20-12/h6-7,10,17H,4-5,8H2,1-3H3. The van der Waals surface area contributed by atoms with Crippen LogP contribution < -0.4 is 5.32 Å². The lowest BCUT2D eigenvalue weighted by Gasteiger charge is -2.16. The van der Waals surface area contributed by atoms with Crippen molar-refractivity contribution >= 4 is 38.9 Å². The third-order valence-electron chi connectivity index (χ3n) is 3.29. The van der Waals surface area contributed by atoms with Crippen molar-refractivity contribution in [3.8, 4) is 0 Å². The summed E-state index contributed by atoms with van der Waals surface area (Å²) in [5.74, 6) is 0. The van der Waals surface area contributed by atoms with Gasteiger partial charge >= 0.3 is 0 Å². The van der Waals surface area contributed by atoms with E-state index in [4.69, 9.17) is 11.6 Å². The van der Waals surface area contributed by atoms with Crippen molar-refractivity contribution in [2.75, 3.05) is 6.54 Å². The van der Waals surface area contributed by atoms with Gasteiger partial charge in [0.15, 0.2) is 0 Å². The zero-order chi connectivity index (χ0) is 14.7. The molecular weight excluding hydrogens is 358 g/mol. The average molecular weight is 377 g/mol. The molecule has 3 nitrogen and oxygen atoms in total. The van der Waals surface area contributed by atoms with Crippen LogP contribution in [0.4, 0.5) is 0 Å². The maximum atomic E-state index is 6.06. The summed E-state index contributed by atoms with van der Waals surface area (Å²) in [4.78, 5) is 1.27. The quantitative estimate of drug-likeness (QED) is 0.812. The number of nitrogens with one attached hydrogen (secondary N) is 1. The Labute approximate surface area is 137 Å². The van der Waals surface area contributed by atoms with Gasteiger partial charge < -0.3 is 5.32 Å². The molecule has 2 rings (SSSR count). The fourth-order valence-electron chi connectivity index (χ4n) is 2.27. The van der Waals surface area contributed by atoms with Crippen LogP contribution in [-0.2, 0) is 19.9 Å². The molecule has 0 amide bonds. The molecule has 1 atom stereocenters. The molecule has 2 aromatic heterocycles. The second-order valence-electron chi connectivity index (χ2n) is 4.64. The first kappa shape index (κ1) is 16.0. The molecular formula is C14H19BrClN3S. The second kappa shape index (κ2) is 7.07. The van der Waals surface area contributed by atoms with Gasteiger partial charge in [-0.3, -0.25) is 4.68 Å². The Morgan fingerprint density at radius 2 is 2.20 bits per heavy atom. The lowest BCUT2D eigenvalue weighted by atomic mass is 10.1. The molecule has 0 saturated carbocycles. The highest BCUT2D eigenvalue weighted by Crippen LogP contribution is 2.31. The van der Waals surface area contributed by atoms with E-state index in [1.165, 1.54) is 10.6 Å². The molecule has 0 radical (unpaired) electrons. The zero-order valence-corrected chi connectivity index (χ0v) is 15.1. The van der Waals surface area contributed by atoms with Gasteiger partial charge in [0.2, 0.25) is 0 Å². The minimum absolute atomic E-state index is 0.272. The van der Waals surface area contributed by atoms with Gasteiger partial charge in [0.05, 0.1) is 20.2 Å². The van der Waals surface area contributed by atoms with Crippen LogP contribution in [0.15, 0.2) is 16.6 Å². The van der Waals surface area contributed by atoms with Crippen molar-refractivity contribution in [3.63, 3.8) is 0 Å². The minimum Gasteiger partial charge on any atom is -0.309 e. The van der Waals surface area contributed by atoms with Crippen molar-refractivity contribution in [3.05, 3.63) is 37.2 Å². The van der Waals surface area contributed by atoms with E-state index in [2.05, 4.69) is 46.3 Å². The number of likely N-dealkylation sites (N-methyl/N-ethyl adjacent to an activating group) is 1. The largest absolute Gasteiger partial charge is 0.309 e. The Kier molecular flexibility index (Phi) is 5.66. The SMILES string of the molecule is CCNC(Cc1c(Br)c(CC)nn1C)c1ccc(Cl)s1. The molecule has 6 heteroatoms. The van der Waals surface area contributed by atoms with E-state index in [1.54, 1.807) is 11.3 Å². The highest BCUT2D eigenvalue weighted by molar-refractivity contribution is 9.10. The molecule has 0 aliphatic heterocycles. The van der Waals surface area contributed by atoms with E-state index in [0.29, 0.717) is 0 Å². The molecule has 1 N–H and O–H groups in total. The Hall–Kier alpha value is -0.360. The van der Waals surface area contributed by atoms with Crippen LogP contribution in [0.1, 0.15) is 36.2 Å². The predicted octanol–water partition coefficient (Wildman–Crippen LogP) is 4.35. The first-order chi connectivity index (χ1) is 9.56. The van der Waals surface area contributed by atoms with Crippen LogP contribution in [0.3, 0.4) is 0 Å². The first-order valence-electron chi connectivity index (χ1n) is 6.75. The Morgan fingerprint density at radius 3 is 2.70 bits per heavy atom. The maximum absolute atomic E-state index is 6.06. The average Bonchev–Trinajstić information content (AvgIpc) is 2.96. The minimum atomic E-state index is 0.272. The Balaban J connectivity index is 2.26. The number of thiophene rings is 1. The van der Waals surface area contributed by atoms with Crippen molar-refractivity contribution in [2.45, 2.75) is 32.7 Å². The number of rotatable bonds is 6. The number of halogens is 2. The summed E-state index contributed by atoms with van der Waals surface area (Å²) < 4.78 is 3.94. The van der Waals surface area contributed by atoms with Crippen molar-refractivity contribution in [2.24, 2.45) is 7.05 Å². The van der Waals surface area contributed by atoms with Gasteiger partial charge in [0.25, 0.3) is 0 Å². The zero-order valence-electron chi connectivity index (χ0n) is 11.9. The van der Waals surface area contributed by atoms with Crippen LogP contribution in [0.5, 0.6) is 0 Å². The molecule has 0 aromatic carbocycles. The molecule has 20 heavy (non-hydrogen) atoms. The van der Waals surface area contributed by atoms with E-state index in [-0.39, 0.29) is 6.04 Å². The number of hydrogen-bond acceptors (Lipinski definition) is 3. The fourth-order valence-corrected chi connectivity index (χ4v) is 4.18. The Morgan fingerprint density at radius 1 is 1.45 bits per heavy atom. The van der Waals surface area contributed by atoms with E-state index in [1.807, 2.05) is 17.8 Å². The van der Waals surface area contributed by atoms with Gasteiger partial charge in [-0.1, -0.05) is 25.4 Å². The number of hydrogen-bond donors (Lipinski definition) is 1. The van der Waals surface area contributed by atoms with Gasteiger partial charge in [-0.2, -0.15) is 5.10 Å². The summed E-state index contributed by atoms with van der Waals surface area (Å²) in [7, 11) is 2.00. The van der Waals surface area contributed by atoms with Gasteiger partial charge in [-0.25, -0.2) is 0 Å². The van der Waals surface area contributed by atoms with Crippen LogP contribution >= 0.6 is 38.9 Å². The van der Waals surface area contributed by atoms with Crippen LogP contribution in [0, 0.1) is 0 Å². The topological polar surface area (TPSA) is 29.9 Å². The predicted molar refractivity (Wildman–Crippen MR) is 89.7 cm³/mol. The number of aryl methyl sites for hydroxylation is 2. The highest BCUT2D eigenvalue weighted by atomic mass is 79.9. The highest BCUT2D eigenvalue weighted by Gasteiger charge is 2.19. The normalized spacial score (nSPS) is 12.8. The van der Waals surface area contributed by atoms with Crippen molar-refractivity contribution in [1.29, 1.82) is 0 Å². The summed E-state index contributed by atoms with van der Waals surface area (Å²) in [6.07, 6.45) is 1.83. The molecule has 0 aliphatic rings. The van der Waals surface area contributed by atoms with Crippen molar-refractivity contribution in [1.82, 2.24) is 15.1 Å². The van der Waals surface area contributed by atoms with E-state index in [0.717, 1.165) is 33.9 Å². The third-order valence-corrected chi connectivity index (χ3v) is 5.55. The molecule has 0 spiro atoms. The van der Waals surface area contributed by atoms with Gasteiger partial charge in [0.1, 0.15) is 0 Å². The molecule has 110 valence electrons. The summed E-state index contributed by atoms with van der Waals surface area (Å²) in [5, 5.41) is 8.09. The molecule has 0 saturated heterocycles. The van der Waals surface area contributed by atoms with Gasteiger partial charge in [-0.05, 0) is 41.0 Å². The smallest absolute Gasteiger partial charge is 0.0931 e. The molecule has 1 unspecified atom stereocenters. The molecule has 0 bridgehead atoms. The van der Waals surface area contributed by atoms with Crippen LogP contribution in [-0.4, -0.2) is 16.3 Å². The molecule has 0 fully saturated rings. The van der Waals surface area contributed by atoms with E-state index in [9.17, 15) is 0 Å². The van der Waals surface area contributed by atoms with Gasteiger partial charge in [0, 0.05) is 24.4 Å². The monoisotopic (exact) mass is 375 g/mol. The molecule has 2 heterocycles. The first-order valence-corrected chi connectivity index (χ1v) is 8.74. The number of nitrogens with zero attached hydrogens (tertiary/aromatic N) is 2. The molecule has 2 aromatic rings. The summed E-state index contributed by atoms with van der Waals surface area (Å²) >= 11 is 11.4. The summed E-state index contributed by atoms with van der Waals surface area (Å²) in [6, 6.07) is 4.33. The number of aromatic nitrogens is 2. The Bertz CT molecular complexity index is 579. The maximum Gasteiger partial charge on any atom is 0.0931 e. The summed E-state index contributed by atoms with van der Waals surface area (Å²) in [6.45, 7) is 5.17. The van der Waals surface area contributed by atoms with Crippen LogP contribution in [0.25, 0.3) is 0 Å². The lowest BCUT2D eigenvalue weighted by Crippen LogP contribution is -2.23. The second-order valence-corrected chi connectivity index (χ2v) is 7.18. The lowest BCUT2D eigenvalue weighted by molar-refractivity contribution is 0.535. The van der Waals surface area contributed by atoms with Crippen LogP contribution in [0.2, 0.25) is 4.34 Å². The summed E-state index contributed by atoms with van der Waals surface area (Å²) in [5.41, 5.74) is 2.33. The van der Waals surface area contributed by atoms with Gasteiger partial charge in [-0.15, -0.1) is 11.3 Å². The molecule has 0 aliphatic carbocycles. The fraction of sp³-hybridized carbons (Fsp3) is 0.500. The van der Waals surface area contributed by atoms with E-state index >= 15 is 0 Å². The van der Waals surface area contributed by atoms with Crippen molar-refractivity contribution < 1.29 is 0 Å².